The topological polar surface area (TPSA) is 103 Å². The first-order valence-electron chi connectivity index (χ1n) is 11.3. The summed E-state index contributed by atoms with van der Waals surface area (Å²) in [5.41, 5.74) is 1.81. The minimum Gasteiger partial charge on any atom is -0.496 e. The van der Waals surface area contributed by atoms with E-state index in [1.807, 2.05) is 6.92 Å². The van der Waals surface area contributed by atoms with Crippen LogP contribution in [0.15, 0.2) is 30.5 Å². The van der Waals surface area contributed by atoms with Crippen LogP contribution in [0.5, 0.6) is 11.5 Å². The van der Waals surface area contributed by atoms with Gasteiger partial charge in [-0.05, 0) is 49.6 Å². The standard InChI is InChI=1S/C25H29ClN2O6/c1-14-20(32-2)9-15(10-21(14)33-3)24(29)22(34-18-6-4-5-7-18)13-28-12-16-8-17(26)11-19(25(30)31)23(16)27-28/h8-12,18,22,24,29H,4-7,13H2,1-3H3,(H,30,31)/t22-,24+/m0/s1. The molecule has 1 saturated carbocycles. The number of nitrogens with zero attached hydrogens (tertiary/aromatic N) is 2. The first-order valence-corrected chi connectivity index (χ1v) is 11.6. The van der Waals surface area contributed by atoms with Crippen molar-refractivity contribution in [3.63, 3.8) is 0 Å². The summed E-state index contributed by atoms with van der Waals surface area (Å²) in [5, 5.41) is 26.4. The van der Waals surface area contributed by atoms with Crippen molar-refractivity contribution in [1.82, 2.24) is 9.78 Å². The molecule has 0 spiro atoms. The number of carboxylic acid groups (broad SMARTS) is 1. The summed E-state index contributed by atoms with van der Waals surface area (Å²) in [4.78, 5) is 11.7. The third kappa shape index (κ3) is 4.99. The number of aliphatic hydroxyl groups is 1. The lowest BCUT2D eigenvalue weighted by Crippen LogP contribution is -2.31. The number of hydrogen-bond donors (Lipinski definition) is 2. The zero-order valence-electron chi connectivity index (χ0n) is 19.5. The Hall–Kier alpha value is -2.81. The minimum absolute atomic E-state index is 0.0306. The third-order valence-electron chi connectivity index (χ3n) is 6.36. The number of aromatic carboxylic acids is 1. The molecule has 1 aliphatic carbocycles. The van der Waals surface area contributed by atoms with Gasteiger partial charge in [0.15, 0.2) is 0 Å². The summed E-state index contributed by atoms with van der Waals surface area (Å²) in [7, 11) is 3.15. The monoisotopic (exact) mass is 488 g/mol. The molecular weight excluding hydrogens is 460 g/mol. The van der Waals surface area contributed by atoms with Crippen LogP contribution < -0.4 is 9.47 Å². The van der Waals surface area contributed by atoms with E-state index < -0.39 is 18.2 Å². The van der Waals surface area contributed by atoms with Crippen LogP contribution in [0, 0.1) is 6.92 Å². The Balaban J connectivity index is 1.69. The Morgan fingerprint density at radius 3 is 2.41 bits per heavy atom. The number of aromatic nitrogens is 2. The molecule has 182 valence electrons. The molecule has 2 aromatic carbocycles. The Labute approximate surface area is 203 Å². The molecular formula is C25H29ClN2O6. The molecule has 3 aromatic rings. The van der Waals surface area contributed by atoms with E-state index in [2.05, 4.69) is 5.10 Å². The van der Waals surface area contributed by atoms with Gasteiger partial charge in [-0.25, -0.2) is 4.79 Å². The summed E-state index contributed by atoms with van der Waals surface area (Å²) < 4.78 is 18.9. The normalized spacial score (nSPS) is 16.0. The lowest BCUT2D eigenvalue weighted by molar-refractivity contribution is -0.0845. The van der Waals surface area contributed by atoms with Gasteiger partial charge in [0.1, 0.15) is 29.2 Å². The largest absolute Gasteiger partial charge is 0.496 e. The molecule has 0 unspecified atom stereocenters. The fourth-order valence-corrected chi connectivity index (χ4v) is 4.80. The third-order valence-corrected chi connectivity index (χ3v) is 6.57. The van der Waals surface area contributed by atoms with Crippen LogP contribution in [0.4, 0.5) is 0 Å². The first-order chi connectivity index (χ1) is 16.3. The zero-order chi connectivity index (χ0) is 24.4. The maximum absolute atomic E-state index is 11.7. The first kappa shape index (κ1) is 24.3. The minimum atomic E-state index is -1.10. The second-order valence-electron chi connectivity index (χ2n) is 8.62. The maximum Gasteiger partial charge on any atom is 0.338 e. The van der Waals surface area contributed by atoms with Gasteiger partial charge in [0, 0.05) is 22.2 Å². The van der Waals surface area contributed by atoms with Crippen LogP contribution in [0.25, 0.3) is 10.9 Å². The highest BCUT2D eigenvalue weighted by molar-refractivity contribution is 6.32. The number of ether oxygens (including phenoxy) is 3. The number of carboxylic acids is 1. The average Bonchev–Trinajstić information content (AvgIpc) is 3.47. The molecule has 4 rings (SSSR count). The van der Waals surface area contributed by atoms with E-state index in [9.17, 15) is 15.0 Å². The highest BCUT2D eigenvalue weighted by Crippen LogP contribution is 2.35. The van der Waals surface area contributed by atoms with E-state index in [0.717, 1.165) is 31.2 Å². The van der Waals surface area contributed by atoms with Crippen LogP contribution in [0.1, 0.15) is 53.3 Å². The number of methoxy groups -OCH3 is 2. The molecule has 1 heterocycles. The SMILES string of the molecule is COc1cc([C@@H](O)[C@H](Cn2cc3cc(Cl)cc(C(=O)O)c3n2)OC2CCCC2)cc(OC)c1C. The fourth-order valence-electron chi connectivity index (χ4n) is 4.57. The predicted octanol–water partition coefficient (Wildman–Crippen LogP) is 4.77. The van der Waals surface area contributed by atoms with Gasteiger partial charge >= 0.3 is 5.97 Å². The summed E-state index contributed by atoms with van der Waals surface area (Å²) in [6, 6.07) is 6.63. The molecule has 9 heteroatoms. The van der Waals surface area contributed by atoms with E-state index in [1.165, 1.54) is 6.07 Å². The van der Waals surface area contributed by atoms with E-state index in [4.69, 9.17) is 25.8 Å². The number of halogens is 1. The van der Waals surface area contributed by atoms with E-state index >= 15 is 0 Å². The lowest BCUT2D eigenvalue weighted by atomic mass is 10.0. The van der Waals surface area contributed by atoms with Crippen molar-refractivity contribution < 1.29 is 29.2 Å². The molecule has 8 nitrogen and oxygen atoms in total. The Bertz CT molecular complexity index is 1160. The number of rotatable bonds is 9. The van der Waals surface area contributed by atoms with Crippen molar-refractivity contribution >= 4 is 28.5 Å². The molecule has 2 N–H and O–H groups in total. The van der Waals surface area contributed by atoms with Gasteiger partial charge in [-0.3, -0.25) is 4.68 Å². The van der Waals surface area contributed by atoms with Crippen molar-refractivity contribution in [3.05, 3.63) is 52.2 Å². The highest BCUT2D eigenvalue weighted by atomic mass is 35.5. The summed E-state index contributed by atoms with van der Waals surface area (Å²) in [6.45, 7) is 2.11. The number of benzene rings is 2. The fraction of sp³-hybridized carbons (Fsp3) is 0.440. The molecule has 0 bridgehead atoms. The molecule has 1 fully saturated rings. The van der Waals surface area contributed by atoms with Gasteiger partial charge in [-0.1, -0.05) is 24.4 Å². The number of hydrogen-bond acceptors (Lipinski definition) is 6. The second-order valence-corrected chi connectivity index (χ2v) is 9.06. The van der Waals surface area contributed by atoms with Gasteiger partial charge < -0.3 is 24.4 Å². The summed E-state index contributed by atoms with van der Waals surface area (Å²) >= 11 is 6.11. The summed E-state index contributed by atoms with van der Waals surface area (Å²) in [5.74, 6) is 0.118. The van der Waals surface area contributed by atoms with E-state index in [1.54, 1.807) is 43.3 Å². The van der Waals surface area contributed by atoms with Crippen molar-refractivity contribution in [2.75, 3.05) is 14.2 Å². The predicted molar refractivity (Wildman–Crippen MR) is 128 cm³/mol. The van der Waals surface area contributed by atoms with Gasteiger partial charge in [0.2, 0.25) is 0 Å². The number of aliphatic hydroxyl groups excluding tert-OH is 1. The zero-order valence-corrected chi connectivity index (χ0v) is 20.2. The second kappa shape index (κ2) is 10.2. The van der Waals surface area contributed by atoms with E-state index in [-0.39, 0.29) is 18.2 Å². The van der Waals surface area contributed by atoms with Crippen molar-refractivity contribution in [1.29, 1.82) is 0 Å². The quantitative estimate of drug-likeness (QED) is 0.447. The van der Waals surface area contributed by atoms with E-state index in [0.29, 0.717) is 33.0 Å². The Morgan fingerprint density at radius 2 is 1.82 bits per heavy atom. The van der Waals surface area contributed by atoms with Crippen molar-refractivity contribution in [3.8, 4) is 11.5 Å². The molecule has 2 atom stereocenters. The average molecular weight is 489 g/mol. The summed E-state index contributed by atoms with van der Waals surface area (Å²) in [6.07, 6.45) is 4.20. The highest BCUT2D eigenvalue weighted by Gasteiger charge is 2.29. The Kier molecular flexibility index (Phi) is 7.30. The smallest absolute Gasteiger partial charge is 0.338 e. The number of fused-ring (bicyclic) bond motifs is 1. The molecule has 0 saturated heterocycles. The van der Waals surface area contributed by atoms with Gasteiger partial charge in [0.25, 0.3) is 0 Å². The molecule has 0 radical (unpaired) electrons. The van der Waals surface area contributed by atoms with Crippen LogP contribution in [-0.2, 0) is 11.3 Å². The molecule has 0 amide bonds. The molecule has 0 aliphatic heterocycles. The van der Waals surface area contributed by atoms with Gasteiger partial charge in [-0.15, -0.1) is 0 Å². The Morgan fingerprint density at radius 1 is 1.18 bits per heavy atom. The molecule has 1 aromatic heterocycles. The van der Waals surface area contributed by atoms with Crippen molar-refractivity contribution in [2.24, 2.45) is 0 Å². The molecule has 1 aliphatic rings. The van der Waals surface area contributed by atoms with Crippen LogP contribution >= 0.6 is 11.6 Å². The van der Waals surface area contributed by atoms with Crippen LogP contribution in [0.2, 0.25) is 5.02 Å². The lowest BCUT2D eigenvalue weighted by Gasteiger charge is -2.27. The number of carbonyl (C=O) groups is 1. The van der Waals surface area contributed by atoms with Crippen LogP contribution in [-0.4, -0.2) is 52.4 Å². The van der Waals surface area contributed by atoms with Gasteiger partial charge in [-0.2, -0.15) is 5.10 Å². The van der Waals surface area contributed by atoms with Crippen molar-refractivity contribution in [2.45, 2.75) is 57.5 Å². The van der Waals surface area contributed by atoms with Crippen LogP contribution in [0.3, 0.4) is 0 Å². The maximum atomic E-state index is 11.7. The van der Waals surface area contributed by atoms with Gasteiger partial charge in [0.05, 0.1) is 32.4 Å². The molecule has 34 heavy (non-hydrogen) atoms.